The monoisotopic (exact) mass is 301 g/mol. The molecule has 1 unspecified atom stereocenters. The average molecular weight is 301 g/mol. The van der Waals surface area contributed by atoms with E-state index in [1.807, 2.05) is 30.3 Å². The van der Waals surface area contributed by atoms with Gasteiger partial charge in [0.05, 0.1) is 12.7 Å². The van der Waals surface area contributed by atoms with E-state index in [4.69, 9.17) is 15.6 Å². The molecule has 0 radical (unpaired) electrons. The molecule has 1 fully saturated rings. The topological polar surface area (TPSA) is 97.4 Å². The summed E-state index contributed by atoms with van der Waals surface area (Å²) in [4.78, 5) is 6.45. The first-order chi connectivity index (χ1) is 10.8. The molecule has 1 aliphatic rings. The minimum Gasteiger partial charge on any atom is -0.396 e. The molecule has 1 aromatic carbocycles. The summed E-state index contributed by atoms with van der Waals surface area (Å²) in [6.45, 7) is 2.06. The van der Waals surface area contributed by atoms with Crippen molar-refractivity contribution in [3.8, 4) is 11.3 Å². The molecule has 0 saturated carbocycles. The van der Waals surface area contributed by atoms with Crippen LogP contribution in [0.3, 0.4) is 0 Å². The number of aromatic nitrogens is 3. The third-order valence-corrected chi connectivity index (χ3v) is 3.62. The summed E-state index contributed by atoms with van der Waals surface area (Å²) < 4.78 is 5.64. The number of benzene rings is 1. The number of hydrogen-bond acceptors (Lipinski definition) is 7. The number of aliphatic hydroxyl groups excluding tert-OH is 1. The largest absolute Gasteiger partial charge is 0.396 e. The number of hydrogen-bond donors (Lipinski definition) is 2. The van der Waals surface area contributed by atoms with Crippen molar-refractivity contribution in [3.63, 3.8) is 0 Å². The maximum atomic E-state index is 9.09. The van der Waals surface area contributed by atoms with Gasteiger partial charge in [-0.2, -0.15) is 0 Å². The van der Waals surface area contributed by atoms with Gasteiger partial charge in [-0.05, 0) is 6.42 Å². The van der Waals surface area contributed by atoms with E-state index in [1.165, 1.54) is 0 Å². The van der Waals surface area contributed by atoms with Gasteiger partial charge in [0.25, 0.3) is 0 Å². The zero-order valence-corrected chi connectivity index (χ0v) is 12.2. The lowest BCUT2D eigenvalue weighted by atomic mass is 10.1. The maximum Gasteiger partial charge on any atom is 0.240 e. The quantitative estimate of drug-likeness (QED) is 0.858. The van der Waals surface area contributed by atoms with Crippen molar-refractivity contribution in [1.29, 1.82) is 0 Å². The predicted molar refractivity (Wildman–Crippen MR) is 83.3 cm³/mol. The molecule has 1 aromatic heterocycles. The van der Waals surface area contributed by atoms with E-state index in [1.54, 1.807) is 0 Å². The molecule has 0 aliphatic carbocycles. The number of nitrogen functional groups attached to an aromatic ring is 1. The van der Waals surface area contributed by atoms with Crippen molar-refractivity contribution in [2.45, 2.75) is 12.5 Å². The Morgan fingerprint density at radius 1 is 1.27 bits per heavy atom. The Morgan fingerprint density at radius 3 is 2.86 bits per heavy atom. The van der Waals surface area contributed by atoms with E-state index in [2.05, 4.69) is 20.1 Å². The second-order valence-electron chi connectivity index (χ2n) is 5.16. The fraction of sp³-hybridized carbons (Fsp3) is 0.400. The number of morpholine rings is 1. The number of rotatable bonds is 4. The van der Waals surface area contributed by atoms with E-state index in [-0.39, 0.29) is 18.7 Å². The van der Waals surface area contributed by atoms with Crippen LogP contribution in [0.15, 0.2) is 30.3 Å². The molecule has 116 valence electrons. The molecule has 3 N–H and O–H groups in total. The van der Waals surface area contributed by atoms with Gasteiger partial charge in [0, 0.05) is 25.3 Å². The molecule has 0 amide bonds. The third kappa shape index (κ3) is 3.15. The van der Waals surface area contributed by atoms with E-state index in [9.17, 15) is 0 Å². The van der Waals surface area contributed by atoms with E-state index in [0.717, 1.165) is 11.3 Å². The van der Waals surface area contributed by atoms with Gasteiger partial charge in [-0.25, -0.2) is 4.98 Å². The van der Waals surface area contributed by atoms with Crippen molar-refractivity contribution in [1.82, 2.24) is 15.2 Å². The van der Waals surface area contributed by atoms with Crippen LogP contribution in [0.4, 0.5) is 11.8 Å². The minimum absolute atomic E-state index is 0.0123. The van der Waals surface area contributed by atoms with Crippen LogP contribution in [0.5, 0.6) is 0 Å². The summed E-state index contributed by atoms with van der Waals surface area (Å²) in [6.07, 6.45) is 0.592. The Bertz CT molecular complexity index is 621. The summed E-state index contributed by atoms with van der Waals surface area (Å²) in [5, 5.41) is 17.2. The van der Waals surface area contributed by atoms with Gasteiger partial charge in [0.1, 0.15) is 5.69 Å². The van der Waals surface area contributed by atoms with Crippen molar-refractivity contribution in [2.75, 3.05) is 36.9 Å². The molecule has 7 nitrogen and oxygen atoms in total. The Morgan fingerprint density at radius 2 is 2.09 bits per heavy atom. The summed E-state index contributed by atoms with van der Waals surface area (Å²) in [6, 6.07) is 9.79. The lowest BCUT2D eigenvalue weighted by Gasteiger charge is -2.33. The Hall–Kier alpha value is -2.25. The van der Waals surface area contributed by atoms with Gasteiger partial charge in [0.15, 0.2) is 5.82 Å². The fourth-order valence-corrected chi connectivity index (χ4v) is 2.57. The second-order valence-corrected chi connectivity index (χ2v) is 5.16. The number of aliphatic hydroxyl groups is 1. The molecule has 3 rings (SSSR count). The van der Waals surface area contributed by atoms with E-state index in [0.29, 0.717) is 31.9 Å². The highest BCUT2D eigenvalue weighted by atomic mass is 16.5. The van der Waals surface area contributed by atoms with Gasteiger partial charge in [0.2, 0.25) is 5.95 Å². The average Bonchev–Trinajstić information content (AvgIpc) is 2.56. The van der Waals surface area contributed by atoms with Gasteiger partial charge in [-0.1, -0.05) is 30.3 Å². The summed E-state index contributed by atoms with van der Waals surface area (Å²) in [5.41, 5.74) is 7.38. The Labute approximate surface area is 128 Å². The van der Waals surface area contributed by atoms with E-state index >= 15 is 0 Å². The standard InChI is InChI=1S/C15H19N5O2/c16-15-17-13(11-4-2-1-3-5-11)14(18-19-15)20-7-9-22-12(10-20)6-8-21/h1-5,12,21H,6-10H2,(H2,16,17,19). The first-order valence-electron chi connectivity index (χ1n) is 7.31. The van der Waals surface area contributed by atoms with E-state index < -0.39 is 0 Å². The Kier molecular flexibility index (Phi) is 4.45. The van der Waals surface area contributed by atoms with Crippen LogP contribution in [-0.4, -0.2) is 52.7 Å². The van der Waals surface area contributed by atoms with Gasteiger partial charge in [-0.15, -0.1) is 10.2 Å². The lowest BCUT2D eigenvalue weighted by Crippen LogP contribution is -2.43. The molecule has 2 aromatic rings. The van der Waals surface area contributed by atoms with Crippen LogP contribution in [0, 0.1) is 0 Å². The molecule has 2 heterocycles. The summed E-state index contributed by atoms with van der Waals surface area (Å²) in [7, 11) is 0. The molecule has 1 atom stereocenters. The molecule has 0 bridgehead atoms. The zero-order valence-electron chi connectivity index (χ0n) is 12.2. The first kappa shape index (κ1) is 14.7. The SMILES string of the molecule is Nc1nnc(N2CCOC(CCO)C2)c(-c2ccccc2)n1. The highest BCUT2D eigenvalue weighted by Crippen LogP contribution is 2.28. The van der Waals surface area contributed by atoms with Crippen LogP contribution in [0.25, 0.3) is 11.3 Å². The molecular weight excluding hydrogens is 282 g/mol. The van der Waals surface area contributed by atoms with Gasteiger partial charge in [-0.3, -0.25) is 0 Å². The van der Waals surface area contributed by atoms with Crippen molar-refractivity contribution in [3.05, 3.63) is 30.3 Å². The predicted octanol–water partition coefficient (Wildman–Crippen LogP) is 0.708. The molecule has 1 saturated heterocycles. The number of nitrogens with two attached hydrogens (primary N) is 1. The smallest absolute Gasteiger partial charge is 0.240 e. The third-order valence-electron chi connectivity index (χ3n) is 3.62. The Balaban J connectivity index is 1.93. The van der Waals surface area contributed by atoms with Crippen molar-refractivity contribution < 1.29 is 9.84 Å². The van der Waals surface area contributed by atoms with Crippen LogP contribution in [0.2, 0.25) is 0 Å². The summed E-state index contributed by atoms with van der Waals surface area (Å²) >= 11 is 0. The molecule has 7 heteroatoms. The summed E-state index contributed by atoms with van der Waals surface area (Å²) in [5.74, 6) is 0.856. The molecular formula is C15H19N5O2. The highest BCUT2D eigenvalue weighted by molar-refractivity contribution is 5.72. The first-order valence-corrected chi connectivity index (χ1v) is 7.31. The molecule has 22 heavy (non-hydrogen) atoms. The van der Waals surface area contributed by atoms with Crippen molar-refractivity contribution in [2.24, 2.45) is 0 Å². The van der Waals surface area contributed by atoms with Crippen LogP contribution < -0.4 is 10.6 Å². The van der Waals surface area contributed by atoms with Crippen LogP contribution in [-0.2, 0) is 4.74 Å². The van der Waals surface area contributed by atoms with Gasteiger partial charge >= 0.3 is 0 Å². The minimum atomic E-state index is -0.0123. The second kappa shape index (κ2) is 6.67. The maximum absolute atomic E-state index is 9.09. The van der Waals surface area contributed by atoms with Crippen molar-refractivity contribution >= 4 is 11.8 Å². The fourth-order valence-electron chi connectivity index (χ4n) is 2.57. The number of nitrogens with zero attached hydrogens (tertiary/aromatic N) is 4. The number of anilines is 2. The lowest BCUT2D eigenvalue weighted by molar-refractivity contribution is 0.0244. The number of ether oxygens (including phenoxy) is 1. The van der Waals surface area contributed by atoms with Crippen LogP contribution in [0.1, 0.15) is 6.42 Å². The van der Waals surface area contributed by atoms with Crippen LogP contribution >= 0.6 is 0 Å². The molecule has 0 spiro atoms. The highest BCUT2D eigenvalue weighted by Gasteiger charge is 2.24. The molecule has 1 aliphatic heterocycles. The zero-order chi connectivity index (χ0) is 15.4. The normalized spacial score (nSPS) is 18.4. The van der Waals surface area contributed by atoms with Gasteiger partial charge < -0.3 is 20.5 Å².